The molecule has 1 rings (SSSR count). The Morgan fingerprint density at radius 2 is 2.17 bits per heavy atom. The topological polar surface area (TPSA) is 3.24 Å². The Balaban J connectivity index is 2.13. The predicted octanol–water partition coefficient (Wildman–Crippen LogP) is 0.872. The number of rotatable bonds is 1. The Kier molecular flexibility index (Phi) is 0.845. The lowest BCUT2D eigenvalue weighted by Crippen LogP contribution is -2.09. The van der Waals surface area contributed by atoms with Gasteiger partial charge in [0.1, 0.15) is 0 Å². The maximum Gasteiger partial charge on any atom is 0.0109 e. The molecule has 1 radical (unpaired) electrons. The molecule has 0 amide bonds. The predicted molar refractivity (Wildman–Crippen MR) is 26.1 cm³/mol. The van der Waals surface area contributed by atoms with Crippen LogP contribution in [0.4, 0.5) is 0 Å². The van der Waals surface area contributed by atoms with Gasteiger partial charge in [-0.25, -0.2) is 0 Å². The Bertz CT molecular complexity index is 45.9. The van der Waals surface area contributed by atoms with Gasteiger partial charge in [-0.05, 0) is 19.9 Å². The second-order valence-electron chi connectivity index (χ2n) is 1.99. The largest absolute Gasteiger partial charge is 0.302 e. The second-order valence-corrected chi connectivity index (χ2v) is 1.99. The van der Waals surface area contributed by atoms with Gasteiger partial charge in [0.15, 0.2) is 0 Å². The van der Waals surface area contributed by atoms with Gasteiger partial charge in [0.05, 0.1) is 0 Å². The van der Waals surface area contributed by atoms with Gasteiger partial charge in [-0.2, -0.15) is 0 Å². The SMILES string of the molecule is [CH2]N(C)C1CC1. The Morgan fingerprint density at radius 3 is 2.17 bits per heavy atom. The molecule has 0 aliphatic heterocycles. The van der Waals surface area contributed by atoms with Crippen molar-refractivity contribution in [2.75, 3.05) is 7.05 Å². The molecule has 1 saturated carbocycles. The van der Waals surface area contributed by atoms with E-state index in [1.54, 1.807) is 0 Å². The van der Waals surface area contributed by atoms with Crippen LogP contribution in [0.25, 0.3) is 0 Å². The fraction of sp³-hybridized carbons (Fsp3) is 0.800. The first-order chi connectivity index (χ1) is 2.80. The number of hydrogen-bond acceptors (Lipinski definition) is 1. The van der Waals surface area contributed by atoms with Crippen LogP contribution in [0.15, 0.2) is 0 Å². The monoisotopic (exact) mass is 84.1 g/mol. The zero-order chi connectivity index (χ0) is 4.57. The van der Waals surface area contributed by atoms with E-state index in [4.69, 9.17) is 0 Å². The van der Waals surface area contributed by atoms with Gasteiger partial charge in [0.25, 0.3) is 0 Å². The third-order valence-corrected chi connectivity index (χ3v) is 1.17. The van der Waals surface area contributed by atoms with Crippen molar-refractivity contribution in [2.24, 2.45) is 0 Å². The summed E-state index contributed by atoms with van der Waals surface area (Å²) < 4.78 is 0. The van der Waals surface area contributed by atoms with E-state index in [0.29, 0.717) is 0 Å². The average Bonchev–Trinajstić information content (AvgIpc) is 2.06. The van der Waals surface area contributed by atoms with Crippen LogP contribution >= 0.6 is 0 Å². The summed E-state index contributed by atoms with van der Waals surface area (Å²) in [6.07, 6.45) is 2.72. The molecule has 1 aliphatic rings. The van der Waals surface area contributed by atoms with E-state index in [1.165, 1.54) is 12.8 Å². The summed E-state index contributed by atoms with van der Waals surface area (Å²) in [6.45, 7) is 0. The minimum absolute atomic E-state index is 0.824. The van der Waals surface area contributed by atoms with E-state index >= 15 is 0 Å². The zero-order valence-corrected chi connectivity index (χ0v) is 4.15. The van der Waals surface area contributed by atoms with Crippen LogP contribution in [-0.4, -0.2) is 18.0 Å². The van der Waals surface area contributed by atoms with Crippen LogP contribution in [0.2, 0.25) is 0 Å². The molecular formula is C5H10N. The highest BCUT2D eigenvalue weighted by molar-refractivity contribution is 4.81. The number of nitrogens with zero attached hydrogens (tertiary/aromatic N) is 1. The first-order valence-corrected chi connectivity index (χ1v) is 2.34. The van der Waals surface area contributed by atoms with E-state index in [-0.39, 0.29) is 0 Å². The van der Waals surface area contributed by atoms with E-state index in [0.717, 1.165) is 6.04 Å². The second kappa shape index (κ2) is 1.23. The normalized spacial score (nSPS) is 22.5. The van der Waals surface area contributed by atoms with Gasteiger partial charge in [-0.15, -0.1) is 0 Å². The Hall–Kier alpha value is -0.0400. The molecule has 6 heavy (non-hydrogen) atoms. The van der Waals surface area contributed by atoms with Gasteiger partial charge in [-0.3, -0.25) is 0 Å². The standard InChI is InChI=1S/C5H10N/c1-6(2)5-3-4-5/h5H,1,3-4H2,2H3. The van der Waals surface area contributed by atoms with Crippen LogP contribution in [-0.2, 0) is 0 Å². The molecular weight excluding hydrogens is 74.1 g/mol. The minimum Gasteiger partial charge on any atom is -0.302 e. The fourth-order valence-electron chi connectivity index (χ4n) is 0.515. The molecule has 0 heterocycles. The highest BCUT2D eigenvalue weighted by atomic mass is 15.1. The van der Waals surface area contributed by atoms with Gasteiger partial charge in [0.2, 0.25) is 0 Å². The molecule has 1 aliphatic carbocycles. The van der Waals surface area contributed by atoms with Crippen molar-refractivity contribution in [3.63, 3.8) is 0 Å². The van der Waals surface area contributed by atoms with Gasteiger partial charge < -0.3 is 4.90 Å². The maximum absolute atomic E-state index is 3.73. The van der Waals surface area contributed by atoms with E-state index in [2.05, 4.69) is 7.05 Å². The highest BCUT2D eigenvalue weighted by Crippen LogP contribution is 2.23. The van der Waals surface area contributed by atoms with Crippen molar-refractivity contribution in [2.45, 2.75) is 18.9 Å². The molecule has 0 bridgehead atoms. The molecule has 0 spiro atoms. The molecule has 1 fully saturated rings. The first-order valence-electron chi connectivity index (χ1n) is 2.34. The van der Waals surface area contributed by atoms with Crippen molar-refractivity contribution >= 4 is 0 Å². The molecule has 0 unspecified atom stereocenters. The smallest absolute Gasteiger partial charge is 0.0109 e. The molecule has 0 aromatic rings. The van der Waals surface area contributed by atoms with Crippen LogP contribution in [0.3, 0.4) is 0 Å². The van der Waals surface area contributed by atoms with Gasteiger partial charge in [0, 0.05) is 13.1 Å². The first kappa shape index (κ1) is 4.13. The maximum atomic E-state index is 3.73. The summed E-state index contributed by atoms with van der Waals surface area (Å²) in [7, 11) is 5.76. The lowest BCUT2D eigenvalue weighted by atomic mass is 10.6. The third kappa shape index (κ3) is 0.716. The zero-order valence-electron chi connectivity index (χ0n) is 4.15. The molecule has 0 aromatic carbocycles. The van der Waals surface area contributed by atoms with Crippen molar-refractivity contribution in [3.8, 4) is 0 Å². The average molecular weight is 84.1 g/mol. The van der Waals surface area contributed by atoms with E-state index in [9.17, 15) is 0 Å². The van der Waals surface area contributed by atoms with E-state index < -0.39 is 0 Å². The summed E-state index contributed by atoms with van der Waals surface area (Å²) in [6, 6.07) is 0.824. The third-order valence-electron chi connectivity index (χ3n) is 1.17. The summed E-state index contributed by atoms with van der Waals surface area (Å²) >= 11 is 0. The summed E-state index contributed by atoms with van der Waals surface area (Å²) in [5.74, 6) is 0. The van der Waals surface area contributed by atoms with Gasteiger partial charge >= 0.3 is 0 Å². The lowest BCUT2D eigenvalue weighted by molar-refractivity contribution is 0.440. The molecule has 0 N–H and O–H groups in total. The molecule has 0 atom stereocenters. The summed E-state index contributed by atoms with van der Waals surface area (Å²) in [5, 5.41) is 0. The highest BCUT2D eigenvalue weighted by Gasteiger charge is 2.22. The van der Waals surface area contributed by atoms with Crippen LogP contribution in [0.1, 0.15) is 12.8 Å². The number of hydrogen-bond donors (Lipinski definition) is 0. The Morgan fingerprint density at radius 1 is 1.67 bits per heavy atom. The van der Waals surface area contributed by atoms with Gasteiger partial charge in [-0.1, -0.05) is 0 Å². The quantitative estimate of drug-likeness (QED) is 0.455. The molecule has 0 saturated heterocycles. The van der Waals surface area contributed by atoms with Crippen molar-refractivity contribution in [3.05, 3.63) is 7.05 Å². The van der Waals surface area contributed by atoms with Crippen molar-refractivity contribution in [1.82, 2.24) is 4.90 Å². The lowest BCUT2D eigenvalue weighted by Gasteiger charge is -2.02. The fourth-order valence-corrected chi connectivity index (χ4v) is 0.515. The minimum atomic E-state index is 0.824. The summed E-state index contributed by atoms with van der Waals surface area (Å²) in [5.41, 5.74) is 0. The Labute approximate surface area is 39.0 Å². The summed E-state index contributed by atoms with van der Waals surface area (Å²) in [4.78, 5) is 2.03. The van der Waals surface area contributed by atoms with Crippen LogP contribution < -0.4 is 0 Å². The van der Waals surface area contributed by atoms with Crippen molar-refractivity contribution < 1.29 is 0 Å². The van der Waals surface area contributed by atoms with Crippen LogP contribution in [0, 0.1) is 7.05 Å². The molecule has 1 nitrogen and oxygen atoms in total. The molecule has 35 valence electrons. The van der Waals surface area contributed by atoms with E-state index in [1.807, 2.05) is 11.9 Å². The van der Waals surface area contributed by atoms with Crippen LogP contribution in [0.5, 0.6) is 0 Å². The molecule has 1 heteroatoms. The molecule has 0 aromatic heterocycles. The van der Waals surface area contributed by atoms with Crippen molar-refractivity contribution in [1.29, 1.82) is 0 Å².